The maximum Gasteiger partial charge on any atom is 0.296 e. The second kappa shape index (κ2) is 5.84. The lowest BCUT2D eigenvalue weighted by Crippen LogP contribution is -2.12. The third kappa shape index (κ3) is 3.12. The molecule has 1 aromatic carbocycles. The zero-order chi connectivity index (χ0) is 13.8. The van der Waals surface area contributed by atoms with Gasteiger partial charge in [0.05, 0.1) is 11.3 Å². The van der Waals surface area contributed by atoms with Crippen LogP contribution in [0.2, 0.25) is 0 Å². The quantitative estimate of drug-likeness (QED) is 0.677. The summed E-state index contributed by atoms with van der Waals surface area (Å²) in [7, 11) is 0. The van der Waals surface area contributed by atoms with Crippen molar-refractivity contribution in [2.24, 2.45) is 0 Å². The normalized spacial score (nSPS) is 13.7. The summed E-state index contributed by atoms with van der Waals surface area (Å²) in [5.74, 6) is -0.359. The number of anilines is 1. The van der Waals surface area contributed by atoms with Crippen molar-refractivity contribution in [1.82, 2.24) is 0 Å². The zero-order valence-corrected chi connectivity index (χ0v) is 11.3. The average Bonchev–Trinajstić information content (AvgIpc) is 2.65. The lowest BCUT2D eigenvalue weighted by atomic mass is 10.0. The molecular formula is C14H13NO3S. The Labute approximate surface area is 115 Å². The van der Waals surface area contributed by atoms with Crippen molar-refractivity contribution in [2.75, 3.05) is 11.1 Å². The van der Waals surface area contributed by atoms with Crippen LogP contribution in [0.5, 0.6) is 0 Å². The molecule has 1 heterocycles. The fourth-order valence-corrected chi connectivity index (χ4v) is 2.38. The summed E-state index contributed by atoms with van der Waals surface area (Å²) in [5, 5.41) is 2.63. The highest BCUT2D eigenvalue weighted by Crippen LogP contribution is 2.27. The van der Waals surface area contributed by atoms with Crippen molar-refractivity contribution in [3.05, 3.63) is 35.4 Å². The van der Waals surface area contributed by atoms with E-state index in [0.29, 0.717) is 17.0 Å². The van der Waals surface area contributed by atoms with Crippen LogP contribution < -0.4 is 5.32 Å². The number of allylic oxidation sites excluding steroid dienone is 1. The topological polar surface area (TPSA) is 63.2 Å². The van der Waals surface area contributed by atoms with Crippen molar-refractivity contribution in [3.63, 3.8) is 0 Å². The first-order chi connectivity index (χ1) is 9.09. The molecule has 0 unspecified atom stereocenters. The summed E-state index contributed by atoms with van der Waals surface area (Å²) in [6.45, 7) is 1.54. The van der Waals surface area contributed by atoms with Gasteiger partial charge in [-0.05, 0) is 18.1 Å². The van der Waals surface area contributed by atoms with Gasteiger partial charge in [-0.3, -0.25) is 14.4 Å². The summed E-state index contributed by atoms with van der Waals surface area (Å²) < 4.78 is 0. The van der Waals surface area contributed by atoms with Crippen LogP contribution in [-0.4, -0.2) is 22.6 Å². The highest BCUT2D eigenvalue weighted by molar-refractivity contribution is 8.13. The van der Waals surface area contributed by atoms with Crippen LogP contribution in [0.3, 0.4) is 0 Å². The van der Waals surface area contributed by atoms with Crippen molar-refractivity contribution < 1.29 is 14.4 Å². The van der Waals surface area contributed by atoms with Crippen LogP contribution in [0.15, 0.2) is 24.3 Å². The maximum atomic E-state index is 11.7. The molecule has 0 radical (unpaired) electrons. The average molecular weight is 275 g/mol. The fraction of sp³-hybridized carbons (Fsp3) is 0.214. The minimum atomic E-state index is -0.581. The summed E-state index contributed by atoms with van der Waals surface area (Å²) >= 11 is 1.27. The predicted molar refractivity (Wildman–Crippen MR) is 76.2 cm³/mol. The minimum absolute atomic E-state index is 0.0963. The number of hydrogen-bond acceptors (Lipinski definition) is 4. The highest BCUT2D eigenvalue weighted by atomic mass is 32.2. The summed E-state index contributed by atoms with van der Waals surface area (Å²) in [5.41, 5.74) is 1.73. The number of amides is 1. The van der Waals surface area contributed by atoms with E-state index in [1.165, 1.54) is 18.7 Å². The third-order valence-corrected chi connectivity index (χ3v) is 3.51. The molecule has 0 bridgehead atoms. The first-order valence-corrected chi connectivity index (χ1v) is 6.87. The molecule has 0 spiro atoms. The van der Waals surface area contributed by atoms with Crippen LogP contribution in [0.1, 0.15) is 29.3 Å². The smallest absolute Gasteiger partial charge is 0.296 e. The Hall–Kier alpha value is -1.88. The Morgan fingerprint density at radius 1 is 1.37 bits per heavy atom. The van der Waals surface area contributed by atoms with E-state index in [-0.39, 0.29) is 5.12 Å². The van der Waals surface area contributed by atoms with E-state index in [9.17, 15) is 14.4 Å². The molecule has 1 amide bonds. The highest BCUT2D eigenvalue weighted by Gasteiger charge is 2.29. The SMILES string of the molecule is CC(=O)SCCC=Cc1cccc2c1C(=O)C(=O)N2. The fourth-order valence-electron chi connectivity index (χ4n) is 1.84. The van der Waals surface area contributed by atoms with Gasteiger partial charge in [-0.1, -0.05) is 36.0 Å². The van der Waals surface area contributed by atoms with Crippen LogP contribution in [-0.2, 0) is 9.59 Å². The number of Topliss-reactive ketones (excluding diaryl/α,β-unsaturated/α-hetero) is 1. The largest absolute Gasteiger partial charge is 0.318 e. The Kier molecular flexibility index (Phi) is 4.16. The van der Waals surface area contributed by atoms with Gasteiger partial charge in [-0.15, -0.1) is 0 Å². The van der Waals surface area contributed by atoms with E-state index >= 15 is 0 Å². The number of hydrogen-bond donors (Lipinski definition) is 1. The molecule has 19 heavy (non-hydrogen) atoms. The molecule has 4 nitrogen and oxygen atoms in total. The molecule has 0 atom stereocenters. The number of ketones is 1. The summed E-state index contributed by atoms with van der Waals surface area (Å²) in [6, 6.07) is 5.30. The lowest BCUT2D eigenvalue weighted by molar-refractivity contribution is -0.112. The number of rotatable bonds is 4. The van der Waals surface area contributed by atoms with Crippen LogP contribution in [0.4, 0.5) is 5.69 Å². The first kappa shape index (κ1) is 13.5. The molecule has 1 aliphatic rings. The third-order valence-electron chi connectivity index (χ3n) is 2.67. The van der Waals surface area contributed by atoms with Crippen LogP contribution >= 0.6 is 11.8 Å². The van der Waals surface area contributed by atoms with Gasteiger partial charge >= 0.3 is 0 Å². The molecule has 98 valence electrons. The molecule has 0 saturated carbocycles. The molecule has 0 saturated heterocycles. The summed E-state index contributed by atoms with van der Waals surface area (Å²) in [6.07, 6.45) is 4.46. The molecule has 0 aliphatic carbocycles. The van der Waals surface area contributed by atoms with E-state index in [1.54, 1.807) is 18.2 Å². The van der Waals surface area contributed by atoms with Crippen LogP contribution in [0, 0.1) is 0 Å². The molecule has 5 heteroatoms. The van der Waals surface area contributed by atoms with E-state index in [2.05, 4.69) is 5.32 Å². The van der Waals surface area contributed by atoms with Crippen molar-refractivity contribution in [2.45, 2.75) is 13.3 Å². The van der Waals surface area contributed by atoms with Gasteiger partial charge in [0.25, 0.3) is 11.7 Å². The monoisotopic (exact) mass is 275 g/mol. The summed E-state index contributed by atoms with van der Waals surface area (Å²) in [4.78, 5) is 33.8. The minimum Gasteiger partial charge on any atom is -0.318 e. The van der Waals surface area contributed by atoms with E-state index < -0.39 is 11.7 Å². The Bertz CT molecular complexity index is 578. The van der Waals surface area contributed by atoms with Gasteiger partial charge in [-0.25, -0.2) is 0 Å². The van der Waals surface area contributed by atoms with Gasteiger partial charge < -0.3 is 5.32 Å². The zero-order valence-electron chi connectivity index (χ0n) is 10.4. The van der Waals surface area contributed by atoms with Crippen LogP contribution in [0.25, 0.3) is 6.08 Å². The van der Waals surface area contributed by atoms with Crippen molar-refractivity contribution in [1.29, 1.82) is 0 Å². The number of nitrogens with one attached hydrogen (secondary N) is 1. The number of carbonyl (C=O) groups is 3. The number of fused-ring (bicyclic) bond motifs is 1. The molecule has 1 N–H and O–H groups in total. The maximum absolute atomic E-state index is 11.7. The second-order valence-corrected chi connectivity index (χ2v) is 5.36. The molecule has 2 rings (SSSR count). The van der Waals surface area contributed by atoms with E-state index in [0.717, 1.165) is 12.0 Å². The number of thioether (sulfide) groups is 1. The molecule has 0 fully saturated rings. The van der Waals surface area contributed by atoms with Crippen molar-refractivity contribution >= 4 is 40.3 Å². The van der Waals surface area contributed by atoms with Gasteiger partial charge in [0, 0.05) is 12.7 Å². The predicted octanol–water partition coefficient (Wildman–Crippen LogP) is 2.50. The van der Waals surface area contributed by atoms with Gasteiger partial charge in [-0.2, -0.15) is 0 Å². The first-order valence-electron chi connectivity index (χ1n) is 5.88. The Morgan fingerprint density at radius 2 is 2.16 bits per heavy atom. The standard InChI is InChI=1S/C14H13NO3S/c1-9(16)19-8-3-2-5-10-6-4-7-11-12(10)13(17)14(18)15-11/h2,4-7H,3,8H2,1H3,(H,15,17,18). The van der Waals surface area contributed by atoms with Gasteiger partial charge in [0.1, 0.15) is 0 Å². The second-order valence-electron chi connectivity index (χ2n) is 4.08. The molecule has 1 aliphatic heterocycles. The van der Waals surface area contributed by atoms with Gasteiger partial charge in [0.2, 0.25) is 0 Å². The van der Waals surface area contributed by atoms with E-state index in [1.807, 2.05) is 12.2 Å². The number of benzene rings is 1. The lowest BCUT2D eigenvalue weighted by Gasteiger charge is -2.00. The molecule has 1 aromatic rings. The van der Waals surface area contributed by atoms with E-state index in [4.69, 9.17) is 0 Å². The number of carbonyl (C=O) groups excluding carboxylic acids is 3. The molecule has 0 aromatic heterocycles. The van der Waals surface area contributed by atoms with Crippen molar-refractivity contribution in [3.8, 4) is 0 Å². The molecular weight excluding hydrogens is 262 g/mol. The Morgan fingerprint density at radius 3 is 2.89 bits per heavy atom. The Balaban J connectivity index is 2.08. The van der Waals surface area contributed by atoms with Gasteiger partial charge in [0.15, 0.2) is 5.12 Å².